The normalized spacial score (nSPS) is 19.1. The molecule has 1 saturated heterocycles. The van der Waals surface area contributed by atoms with Crippen molar-refractivity contribution in [3.63, 3.8) is 0 Å². The number of pyridine rings is 1. The number of aromatic nitrogens is 4. The molecule has 1 aromatic carbocycles. The highest BCUT2D eigenvalue weighted by Gasteiger charge is 2.29. The van der Waals surface area contributed by atoms with E-state index in [-0.39, 0.29) is 5.91 Å². The molecule has 1 amide bonds. The quantitative estimate of drug-likeness (QED) is 0.506. The fourth-order valence-corrected chi connectivity index (χ4v) is 5.95. The van der Waals surface area contributed by atoms with Gasteiger partial charge in [-0.15, -0.1) is 0 Å². The molecule has 1 atom stereocenters. The highest BCUT2D eigenvalue weighted by atomic mass is 16.1. The van der Waals surface area contributed by atoms with Crippen LogP contribution in [0.15, 0.2) is 30.7 Å². The van der Waals surface area contributed by atoms with Crippen molar-refractivity contribution < 1.29 is 4.79 Å². The van der Waals surface area contributed by atoms with Gasteiger partial charge in [-0.05, 0) is 85.5 Å². The topological polar surface area (TPSA) is 78.3 Å². The molecule has 1 aliphatic carbocycles. The minimum Gasteiger partial charge on any atom is -0.358 e. The van der Waals surface area contributed by atoms with Crippen LogP contribution in [0.5, 0.6) is 0 Å². The van der Waals surface area contributed by atoms with Gasteiger partial charge >= 0.3 is 0 Å². The Hall–Kier alpha value is -3.19. The average Bonchev–Trinajstić information content (AvgIpc) is 3.45. The second-order valence-electron chi connectivity index (χ2n) is 9.72. The van der Waals surface area contributed by atoms with Gasteiger partial charge in [0, 0.05) is 29.7 Å². The molecule has 2 N–H and O–H groups in total. The summed E-state index contributed by atoms with van der Waals surface area (Å²) in [5.41, 5.74) is 10.1. The third kappa shape index (κ3) is 3.25. The summed E-state index contributed by atoms with van der Waals surface area (Å²) in [6, 6.07) is 6.97. The van der Waals surface area contributed by atoms with E-state index in [1.165, 1.54) is 44.4 Å². The third-order valence-electron chi connectivity index (χ3n) is 7.78. The molecule has 1 aliphatic heterocycles. The van der Waals surface area contributed by atoms with Gasteiger partial charge < -0.3 is 10.3 Å². The van der Waals surface area contributed by atoms with Crippen molar-refractivity contribution in [2.75, 3.05) is 26.7 Å². The highest BCUT2D eigenvalue weighted by Crippen LogP contribution is 2.45. The van der Waals surface area contributed by atoms with Gasteiger partial charge in [0.15, 0.2) is 5.65 Å². The first-order valence-electron chi connectivity index (χ1n) is 11.9. The lowest BCUT2D eigenvalue weighted by atomic mass is 9.80. The molecule has 0 radical (unpaired) electrons. The Morgan fingerprint density at radius 2 is 2.09 bits per heavy atom. The van der Waals surface area contributed by atoms with Crippen LogP contribution in [-0.4, -0.2) is 57.1 Å². The second-order valence-corrected chi connectivity index (χ2v) is 9.72. The zero-order valence-corrected chi connectivity index (χ0v) is 19.5. The molecule has 4 aromatic rings. The van der Waals surface area contributed by atoms with Gasteiger partial charge in [-0.3, -0.25) is 9.69 Å². The summed E-state index contributed by atoms with van der Waals surface area (Å²) in [6.45, 7) is 6.95. The minimum atomic E-state index is 0.0986. The van der Waals surface area contributed by atoms with Crippen LogP contribution in [-0.2, 0) is 11.2 Å². The summed E-state index contributed by atoms with van der Waals surface area (Å²) in [4.78, 5) is 22.2. The van der Waals surface area contributed by atoms with Gasteiger partial charge in [0.1, 0.15) is 6.33 Å². The molecule has 0 spiro atoms. The first-order valence-corrected chi connectivity index (χ1v) is 11.9. The molecule has 3 aromatic heterocycles. The fraction of sp³-hybridized carbons (Fsp3) is 0.423. The van der Waals surface area contributed by atoms with Crippen LogP contribution in [0.25, 0.3) is 27.8 Å². The predicted octanol–water partition coefficient (Wildman–Crippen LogP) is 3.77. The van der Waals surface area contributed by atoms with E-state index in [1.54, 1.807) is 13.4 Å². The lowest BCUT2D eigenvalue weighted by Gasteiger charge is -2.31. The van der Waals surface area contributed by atoms with Gasteiger partial charge in [0.2, 0.25) is 5.91 Å². The number of hydrogen-bond donors (Lipinski definition) is 2. The first kappa shape index (κ1) is 20.4. The van der Waals surface area contributed by atoms with Gasteiger partial charge in [-0.25, -0.2) is 9.50 Å². The summed E-state index contributed by atoms with van der Waals surface area (Å²) < 4.78 is 1.90. The smallest absolute Gasteiger partial charge is 0.233 e. The summed E-state index contributed by atoms with van der Waals surface area (Å²) >= 11 is 0. The van der Waals surface area contributed by atoms with Gasteiger partial charge in [-0.2, -0.15) is 5.10 Å². The number of aryl methyl sites for hydroxylation is 1. The number of likely N-dealkylation sites (N-methyl/N-ethyl adjacent to an activating group) is 1. The molecule has 33 heavy (non-hydrogen) atoms. The van der Waals surface area contributed by atoms with Crippen LogP contribution in [0, 0.1) is 6.92 Å². The largest absolute Gasteiger partial charge is 0.358 e. The lowest BCUT2D eigenvalue weighted by Crippen LogP contribution is -2.40. The van der Waals surface area contributed by atoms with E-state index in [1.807, 2.05) is 4.52 Å². The van der Waals surface area contributed by atoms with Gasteiger partial charge in [0.25, 0.3) is 0 Å². The number of rotatable bonds is 3. The summed E-state index contributed by atoms with van der Waals surface area (Å²) in [6.07, 6.45) is 6.98. The molecular weight excluding hydrogens is 412 g/mol. The van der Waals surface area contributed by atoms with Crippen LogP contribution in [0.1, 0.15) is 53.9 Å². The molecule has 6 rings (SSSR count). The zero-order chi connectivity index (χ0) is 22.7. The minimum absolute atomic E-state index is 0.0986. The Morgan fingerprint density at radius 3 is 2.88 bits per heavy atom. The van der Waals surface area contributed by atoms with Gasteiger partial charge in [0.05, 0.1) is 12.2 Å². The molecular formula is C26H30N6O. The van der Waals surface area contributed by atoms with E-state index in [0.29, 0.717) is 18.4 Å². The van der Waals surface area contributed by atoms with E-state index in [0.717, 1.165) is 38.0 Å². The maximum absolute atomic E-state index is 11.7. The van der Waals surface area contributed by atoms with Crippen LogP contribution in [0.4, 0.5) is 0 Å². The lowest BCUT2D eigenvalue weighted by molar-refractivity contribution is -0.122. The Bertz CT molecular complexity index is 1370. The number of carbonyl (C=O) groups excluding carboxylic acids is 1. The molecule has 2 aliphatic rings. The maximum Gasteiger partial charge on any atom is 0.233 e. The summed E-state index contributed by atoms with van der Waals surface area (Å²) in [5, 5.41) is 8.48. The number of aromatic amines is 1. The van der Waals surface area contributed by atoms with Gasteiger partial charge in [-0.1, -0.05) is 13.0 Å². The number of carbonyl (C=O) groups is 1. The van der Waals surface area contributed by atoms with E-state index in [4.69, 9.17) is 0 Å². The molecule has 0 saturated carbocycles. The number of nitrogens with one attached hydrogen (secondary N) is 2. The van der Waals surface area contributed by atoms with E-state index >= 15 is 0 Å². The number of likely N-dealkylation sites (tertiary alicyclic amines) is 1. The number of amides is 1. The summed E-state index contributed by atoms with van der Waals surface area (Å²) in [5.74, 6) is 1.08. The molecule has 7 heteroatoms. The molecule has 1 fully saturated rings. The molecule has 1 unspecified atom stereocenters. The number of hydrogen-bond acceptors (Lipinski definition) is 4. The number of fused-ring (bicyclic) bond motifs is 6. The predicted molar refractivity (Wildman–Crippen MR) is 130 cm³/mol. The van der Waals surface area contributed by atoms with E-state index in [2.05, 4.69) is 63.5 Å². The van der Waals surface area contributed by atoms with Crippen molar-refractivity contribution >= 4 is 22.5 Å². The van der Waals surface area contributed by atoms with Crippen LogP contribution in [0.3, 0.4) is 0 Å². The first-order chi connectivity index (χ1) is 16.0. The Balaban J connectivity index is 1.36. The maximum atomic E-state index is 11.7. The second kappa shape index (κ2) is 7.70. The highest BCUT2D eigenvalue weighted by molar-refractivity contribution is 5.94. The van der Waals surface area contributed by atoms with Crippen LogP contribution in [0.2, 0.25) is 0 Å². The van der Waals surface area contributed by atoms with Crippen molar-refractivity contribution in [3.05, 3.63) is 53.0 Å². The van der Waals surface area contributed by atoms with E-state index in [9.17, 15) is 4.79 Å². The molecule has 170 valence electrons. The number of benzene rings is 1. The fourth-order valence-electron chi connectivity index (χ4n) is 5.95. The zero-order valence-electron chi connectivity index (χ0n) is 19.5. The Morgan fingerprint density at radius 1 is 1.27 bits per heavy atom. The molecule has 0 bridgehead atoms. The Labute approximate surface area is 193 Å². The van der Waals surface area contributed by atoms with Crippen molar-refractivity contribution in [1.82, 2.24) is 29.8 Å². The van der Waals surface area contributed by atoms with Crippen molar-refractivity contribution in [1.29, 1.82) is 0 Å². The standard InChI is InChI=1S/C26H30N6O/c1-15-10-19-16(2)26-28-14-29-32(26)12-21(19)25-24(15)20-11-18(4-5-22(20)30-25)17-6-8-31(9-7-17)13-23(33)27-3/h4-5,11-12,14-15,17,30H,6-10,13H2,1-3H3,(H,27,33). The van der Waals surface area contributed by atoms with E-state index < -0.39 is 0 Å². The van der Waals surface area contributed by atoms with Crippen LogP contribution >= 0.6 is 0 Å². The Kier molecular flexibility index (Phi) is 4.76. The van der Waals surface area contributed by atoms with Crippen LogP contribution < -0.4 is 5.32 Å². The molecule has 4 heterocycles. The number of nitrogens with zero attached hydrogens (tertiary/aromatic N) is 4. The molecule has 7 nitrogen and oxygen atoms in total. The van der Waals surface area contributed by atoms with Crippen molar-refractivity contribution in [3.8, 4) is 11.3 Å². The number of piperidine rings is 1. The van der Waals surface area contributed by atoms with Crippen molar-refractivity contribution in [2.45, 2.75) is 44.9 Å². The summed E-state index contributed by atoms with van der Waals surface area (Å²) in [7, 11) is 1.71. The third-order valence-corrected chi connectivity index (χ3v) is 7.78. The van der Waals surface area contributed by atoms with Crippen molar-refractivity contribution in [2.24, 2.45) is 0 Å². The average molecular weight is 443 g/mol. The number of H-pyrrole nitrogens is 1. The SMILES string of the molecule is CNC(=O)CN1CCC(c2ccc3[nH]c4c(c3c2)C(C)Cc2c-4cn3ncnc3c2C)CC1. The monoisotopic (exact) mass is 442 g/mol.